The van der Waals surface area contributed by atoms with E-state index in [1.807, 2.05) is 0 Å². The summed E-state index contributed by atoms with van der Waals surface area (Å²) in [6.45, 7) is 4.29. The third-order valence-corrected chi connectivity index (χ3v) is 1.11. The van der Waals surface area contributed by atoms with Crippen molar-refractivity contribution in [3.8, 4) is 0 Å². The van der Waals surface area contributed by atoms with E-state index in [2.05, 4.69) is 20.9 Å². The lowest BCUT2D eigenvalue weighted by Crippen LogP contribution is -2.05. The molecule has 72 valence electrons. The summed E-state index contributed by atoms with van der Waals surface area (Å²) in [5.41, 5.74) is 0. The number of nitrogens with two attached hydrogens (primary N) is 1. The number of nitrogens with zero attached hydrogens (tertiary/aromatic N) is 1. The summed E-state index contributed by atoms with van der Waals surface area (Å²) in [6.07, 6.45) is 1.49. The summed E-state index contributed by atoms with van der Waals surface area (Å²) < 4.78 is 9.49. The SMILES string of the molecule is C1=NCCO1.C1COCN1.NO. The summed E-state index contributed by atoms with van der Waals surface area (Å²) in [5.74, 6) is 3.50. The maximum atomic E-state index is 6.50. The van der Waals surface area contributed by atoms with Gasteiger partial charge in [0, 0.05) is 6.54 Å². The number of rotatable bonds is 0. The molecular formula is C6H15N3O3. The summed E-state index contributed by atoms with van der Waals surface area (Å²) in [6, 6.07) is 0. The summed E-state index contributed by atoms with van der Waals surface area (Å²) >= 11 is 0. The van der Waals surface area contributed by atoms with E-state index < -0.39 is 0 Å². The Morgan fingerprint density at radius 3 is 2.42 bits per heavy atom. The van der Waals surface area contributed by atoms with E-state index in [4.69, 9.17) is 9.94 Å². The van der Waals surface area contributed by atoms with Gasteiger partial charge in [0.25, 0.3) is 0 Å². The van der Waals surface area contributed by atoms with Crippen molar-refractivity contribution in [2.45, 2.75) is 0 Å². The van der Waals surface area contributed by atoms with Crippen LogP contribution in [0.1, 0.15) is 0 Å². The maximum absolute atomic E-state index is 6.50. The van der Waals surface area contributed by atoms with Crippen molar-refractivity contribution in [3.05, 3.63) is 0 Å². The molecule has 6 nitrogen and oxygen atoms in total. The zero-order valence-corrected chi connectivity index (χ0v) is 6.90. The van der Waals surface area contributed by atoms with Crippen LogP contribution in [0.4, 0.5) is 0 Å². The van der Waals surface area contributed by atoms with Crippen LogP contribution in [0.5, 0.6) is 0 Å². The van der Waals surface area contributed by atoms with Crippen molar-refractivity contribution < 1.29 is 14.7 Å². The monoisotopic (exact) mass is 177 g/mol. The van der Waals surface area contributed by atoms with Crippen molar-refractivity contribution in [3.63, 3.8) is 0 Å². The van der Waals surface area contributed by atoms with Gasteiger partial charge in [-0.2, -0.15) is 0 Å². The molecule has 2 aliphatic heterocycles. The zero-order valence-electron chi connectivity index (χ0n) is 6.90. The fraction of sp³-hybridized carbons (Fsp3) is 0.833. The van der Waals surface area contributed by atoms with E-state index in [9.17, 15) is 0 Å². The Kier molecular flexibility index (Phi) is 9.72. The normalized spacial score (nSPS) is 18.5. The first kappa shape index (κ1) is 11.3. The molecule has 0 saturated carbocycles. The average Bonchev–Trinajstić information content (AvgIpc) is 2.87. The van der Waals surface area contributed by atoms with Gasteiger partial charge in [-0.25, -0.2) is 5.90 Å². The molecule has 0 spiro atoms. The van der Waals surface area contributed by atoms with Crippen LogP contribution in [-0.4, -0.2) is 44.6 Å². The first-order valence-electron chi connectivity index (χ1n) is 3.64. The van der Waals surface area contributed by atoms with Gasteiger partial charge in [-0.1, -0.05) is 0 Å². The lowest BCUT2D eigenvalue weighted by molar-refractivity contribution is 0.194. The fourth-order valence-electron chi connectivity index (χ4n) is 0.624. The Hall–Kier alpha value is -0.690. The number of nitrogens with one attached hydrogen (secondary N) is 1. The Balaban J connectivity index is 0.000000168. The second-order valence-corrected chi connectivity index (χ2v) is 1.93. The van der Waals surface area contributed by atoms with Gasteiger partial charge in [0.05, 0.1) is 19.9 Å². The molecule has 2 rings (SSSR count). The predicted octanol–water partition coefficient (Wildman–Crippen LogP) is -1.06. The Bertz CT molecular complexity index is 92.6. The van der Waals surface area contributed by atoms with Gasteiger partial charge in [0.2, 0.25) is 0 Å². The molecule has 2 heterocycles. The van der Waals surface area contributed by atoms with Gasteiger partial charge in [-0.3, -0.25) is 10.3 Å². The highest BCUT2D eigenvalue weighted by Crippen LogP contribution is 1.78. The Morgan fingerprint density at radius 1 is 1.42 bits per heavy atom. The topological polar surface area (TPSA) is 89.1 Å². The molecule has 0 aromatic rings. The quantitative estimate of drug-likeness (QED) is 0.410. The van der Waals surface area contributed by atoms with Crippen molar-refractivity contribution in [2.75, 3.05) is 33.0 Å². The Morgan fingerprint density at radius 2 is 2.25 bits per heavy atom. The number of hydrogen-bond acceptors (Lipinski definition) is 6. The van der Waals surface area contributed by atoms with Crippen molar-refractivity contribution in [1.82, 2.24) is 5.32 Å². The third kappa shape index (κ3) is 7.42. The average molecular weight is 177 g/mol. The fourth-order valence-corrected chi connectivity index (χ4v) is 0.624. The van der Waals surface area contributed by atoms with Crippen LogP contribution < -0.4 is 11.2 Å². The lowest BCUT2D eigenvalue weighted by atomic mass is 10.7. The van der Waals surface area contributed by atoms with Crippen LogP contribution in [0.25, 0.3) is 0 Å². The van der Waals surface area contributed by atoms with Gasteiger partial charge in [-0.05, 0) is 0 Å². The highest BCUT2D eigenvalue weighted by molar-refractivity contribution is 5.47. The molecule has 0 aromatic heterocycles. The van der Waals surface area contributed by atoms with Crippen LogP contribution in [-0.2, 0) is 9.47 Å². The second kappa shape index (κ2) is 10.3. The Labute approximate surface area is 71.3 Å². The molecule has 2 aliphatic rings. The summed E-state index contributed by atoms with van der Waals surface area (Å²) in [5, 5.41) is 9.50. The van der Waals surface area contributed by atoms with E-state index in [1.54, 1.807) is 0 Å². The molecule has 1 saturated heterocycles. The van der Waals surface area contributed by atoms with Crippen LogP contribution in [0, 0.1) is 0 Å². The minimum atomic E-state index is 0.750. The molecule has 0 atom stereocenters. The van der Waals surface area contributed by atoms with E-state index >= 15 is 0 Å². The van der Waals surface area contributed by atoms with Gasteiger partial charge in [-0.15, -0.1) is 0 Å². The maximum Gasteiger partial charge on any atom is 0.169 e. The molecule has 1 fully saturated rings. The predicted molar refractivity (Wildman–Crippen MR) is 44.1 cm³/mol. The third-order valence-electron chi connectivity index (χ3n) is 1.11. The number of aliphatic imine (C=N–C) groups is 1. The second-order valence-electron chi connectivity index (χ2n) is 1.93. The van der Waals surface area contributed by atoms with Crippen LogP contribution in [0.2, 0.25) is 0 Å². The van der Waals surface area contributed by atoms with E-state index in [0.29, 0.717) is 0 Å². The van der Waals surface area contributed by atoms with Crippen molar-refractivity contribution >= 4 is 6.40 Å². The molecule has 4 N–H and O–H groups in total. The molecule has 0 aromatic carbocycles. The standard InChI is InChI=1S/C3H7NO.C3H5NO.H3NO/c2*1-2-5-3-4-1;1-2/h4H,1-3H2;3H,1-2H2;2H,1H2. The van der Waals surface area contributed by atoms with Gasteiger partial charge < -0.3 is 14.7 Å². The zero-order chi connectivity index (χ0) is 9.07. The smallest absolute Gasteiger partial charge is 0.169 e. The van der Waals surface area contributed by atoms with Crippen LogP contribution in [0.3, 0.4) is 0 Å². The first-order valence-corrected chi connectivity index (χ1v) is 3.64. The molecule has 6 heteroatoms. The van der Waals surface area contributed by atoms with Crippen molar-refractivity contribution in [2.24, 2.45) is 10.9 Å². The summed E-state index contributed by atoms with van der Waals surface area (Å²) in [4.78, 5) is 3.74. The van der Waals surface area contributed by atoms with E-state index in [0.717, 1.165) is 33.0 Å². The minimum Gasteiger partial charge on any atom is -0.482 e. The molecule has 0 amide bonds. The van der Waals surface area contributed by atoms with Gasteiger partial charge >= 0.3 is 0 Å². The highest BCUT2D eigenvalue weighted by Gasteiger charge is 1.92. The molecular weight excluding hydrogens is 162 g/mol. The van der Waals surface area contributed by atoms with Crippen LogP contribution >= 0.6 is 0 Å². The molecule has 0 aliphatic carbocycles. The highest BCUT2D eigenvalue weighted by atomic mass is 16.5. The molecule has 0 unspecified atom stereocenters. The van der Waals surface area contributed by atoms with Gasteiger partial charge in [0.1, 0.15) is 6.61 Å². The molecule has 12 heavy (non-hydrogen) atoms. The van der Waals surface area contributed by atoms with E-state index in [-0.39, 0.29) is 0 Å². The lowest BCUT2D eigenvalue weighted by Gasteiger charge is -1.76. The molecule has 0 radical (unpaired) electrons. The van der Waals surface area contributed by atoms with E-state index in [1.165, 1.54) is 6.40 Å². The number of hydrogen-bond donors (Lipinski definition) is 3. The van der Waals surface area contributed by atoms with Crippen molar-refractivity contribution in [1.29, 1.82) is 0 Å². The number of ether oxygens (including phenoxy) is 2. The summed E-state index contributed by atoms with van der Waals surface area (Å²) in [7, 11) is 0. The first-order chi connectivity index (χ1) is 6.00. The van der Waals surface area contributed by atoms with Gasteiger partial charge in [0.15, 0.2) is 6.40 Å². The largest absolute Gasteiger partial charge is 0.482 e. The van der Waals surface area contributed by atoms with Crippen LogP contribution in [0.15, 0.2) is 4.99 Å². The molecule has 0 bridgehead atoms. The minimum absolute atomic E-state index is 0.750.